The van der Waals surface area contributed by atoms with E-state index in [2.05, 4.69) is 26.1 Å². The van der Waals surface area contributed by atoms with E-state index in [9.17, 15) is 13.2 Å². The fraction of sp³-hybridized carbons (Fsp3) is 0.538. The zero-order valence-electron chi connectivity index (χ0n) is 10.4. The predicted octanol–water partition coefficient (Wildman–Crippen LogP) is 3.98. The molecule has 0 spiro atoms. The summed E-state index contributed by atoms with van der Waals surface area (Å²) in [4.78, 5) is 2.35. The van der Waals surface area contributed by atoms with Crippen molar-refractivity contribution >= 4 is 21.6 Å². The summed E-state index contributed by atoms with van der Waals surface area (Å²) < 4.78 is 38.0. The van der Waals surface area contributed by atoms with Gasteiger partial charge in [0.1, 0.15) is 0 Å². The zero-order valence-corrected chi connectivity index (χ0v) is 12.0. The van der Waals surface area contributed by atoms with Gasteiger partial charge in [-0.25, -0.2) is 0 Å². The van der Waals surface area contributed by atoms with E-state index in [1.807, 2.05) is 0 Å². The maximum Gasteiger partial charge on any atom is 0.416 e. The van der Waals surface area contributed by atoms with Gasteiger partial charge in [-0.05, 0) is 60.1 Å². The lowest BCUT2D eigenvalue weighted by Gasteiger charge is -2.16. The third-order valence-corrected chi connectivity index (χ3v) is 3.89. The van der Waals surface area contributed by atoms with Gasteiger partial charge >= 0.3 is 6.18 Å². The summed E-state index contributed by atoms with van der Waals surface area (Å²) in [5, 5.41) is 3.16. The third-order valence-electron chi connectivity index (χ3n) is 3.24. The molecule has 0 amide bonds. The molecule has 2 rings (SSSR count). The minimum absolute atomic E-state index is 0.448. The van der Waals surface area contributed by atoms with Crippen LogP contribution in [0.5, 0.6) is 0 Å². The molecule has 0 unspecified atom stereocenters. The van der Waals surface area contributed by atoms with E-state index in [1.54, 1.807) is 0 Å². The third kappa shape index (κ3) is 4.11. The molecule has 0 radical (unpaired) electrons. The molecule has 1 aliphatic rings. The largest absolute Gasteiger partial charge is 0.416 e. The van der Waals surface area contributed by atoms with E-state index in [1.165, 1.54) is 18.9 Å². The Labute approximate surface area is 119 Å². The number of nitrogens with one attached hydrogen (secondary N) is 1. The molecule has 1 N–H and O–H groups in total. The second kappa shape index (κ2) is 6.13. The normalized spacial score (nSPS) is 16.8. The average Bonchev–Trinajstić information content (AvgIpc) is 2.83. The van der Waals surface area contributed by atoms with Crippen molar-refractivity contribution in [2.24, 2.45) is 0 Å². The molecular weight excluding hydrogens is 321 g/mol. The second-order valence-electron chi connectivity index (χ2n) is 4.67. The molecule has 0 aliphatic carbocycles. The summed E-state index contributed by atoms with van der Waals surface area (Å²) in [6.07, 6.45) is -1.81. The maximum atomic E-state index is 12.5. The van der Waals surface area contributed by atoms with E-state index in [0.29, 0.717) is 10.2 Å². The molecule has 0 saturated carbocycles. The molecule has 1 heterocycles. The first-order valence-corrected chi connectivity index (χ1v) is 7.09. The van der Waals surface area contributed by atoms with Crippen molar-refractivity contribution in [3.63, 3.8) is 0 Å². The van der Waals surface area contributed by atoms with Crippen molar-refractivity contribution in [2.75, 3.05) is 31.5 Å². The van der Waals surface area contributed by atoms with E-state index in [0.717, 1.165) is 38.3 Å². The molecule has 1 saturated heterocycles. The van der Waals surface area contributed by atoms with Crippen LogP contribution in [0.2, 0.25) is 0 Å². The van der Waals surface area contributed by atoms with Gasteiger partial charge in [-0.2, -0.15) is 13.2 Å². The fourth-order valence-electron chi connectivity index (χ4n) is 2.19. The molecule has 1 aromatic carbocycles. The number of alkyl halides is 3. The van der Waals surface area contributed by atoms with Crippen LogP contribution in [-0.2, 0) is 6.18 Å². The summed E-state index contributed by atoms with van der Waals surface area (Å²) in [6, 6.07) is 3.68. The smallest absolute Gasteiger partial charge is 0.383 e. The molecule has 0 aromatic heterocycles. The topological polar surface area (TPSA) is 15.3 Å². The van der Waals surface area contributed by atoms with Crippen LogP contribution in [0.4, 0.5) is 18.9 Å². The van der Waals surface area contributed by atoms with Crippen LogP contribution in [0.15, 0.2) is 22.7 Å². The number of anilines is 1. The molecule has 106 valence electrons. The van der Waals surface area contributed by atoms with Crippen molar-refractivity contribution in [1.29, 1.82) is 0 Å². The lowest BCUT2D eigenvalue weighted by Crippen LogP contribution is -2.26. The number of nitrogens with zero attached hydrogens (tertiary/aromatic N) is 1. The van der Waals surface area contributed by atoms with Crippen LogP contribution >= 0.6 is 15.9 Å². The molecule has 1 aromatic rings. The predicted molar refractivity (Wildman–Crippen MR) is 73.3 cm³/mol. The summed E-state index contributed by atoms with van der Waals surface area (Å²) in [5.41, 5.74) is 0.0664. The highest BCUT2D eigenvalue weighted by Crippen LogP contribution is 2.33. The number of likely N-dealkylation sites (tertiary alicyclic amines) is 1. The quantitative estimate of drug-likeness (QED) is 0.894. The number of hydrogen-bond acceptors (Lipinski definition) is 2. The molecule has 2 nitrogen and oxygen atoms in total. The first-order chi connectivity index (χ1) is 8.97. The maximum absolute atomic E-state index is 12.5. The Kier molecular flexibility index (Phi) is 4.73. The molecule has 0 bridgehead atoms. The number of benzene rings is 1. The molecular formula is C13H16BrF3N2. The van der Waals surface area contributed by atoms with Gasteiger partial charge in [0.25, 0.3) is 0 Å². The van der Waals surface area contributed by atoms with Gasteiger partial charge in [0.05, 0.1) is 5.56 Å². The molecule has 19 heavy (non-hydrogen) atoms. The van der Waals surface area contributed by atoms with E-state index < -0.39 is 11.7 Å². The minimum Gasteiger partial charge on any atom is -0.383 e. The van der Waals surface area contributed by atoms with Gasteiger partial charge < -0.3 is 10.2 Å². The van der Waals surface area contributed by atoms with Gasteiger partial charge in [-0.15, -0.1) is 0 Å². The van der Waals surface area contributed by atoms with E-state index >= 15 is 0 Å². The molecule has 6 heteroatoms. The Balaban J connectivity index is 1.90. The van der Waals surface area contributed by atoms with Crippen LogP contribution in [0, 0.1) is 0 Å². The Hall–Kier alpha value is -0.750. The SMILES string of the molecule is FC(F)(F)c1ccc(NCCN2CCCC2)c(Br)c1. The summed E-state index contributed by atoms with van der Waals surface area (Å²) >= 11 is 3.18. The number of hydrogen-bond donors (Lipinski definition) is 1. The summed E-state index contributed by atoms with van der Waals surface area (Å²) in [6.45, 7) is 3.91. The van der Waals surface area contributed by atoms with Gasteiger partial charge in [-0.1, -0.05) is 0 Å². The summed E-state index contributed by atoms with van der Waals surface area (Å²) in [7, 11) is 0. The molecule has 0 atom stereocenters. The van der Waals surface area contributed by atoms with Crippen LogP contribution in [0.3, 0.4) is 0 Å². The van der Waals surface area contributed by atoms with Crippen molar-refractivity contribution in [3.05, 3.63) is 28.2 Å². The standard InChI is InChI=1S/C13H16BrF3N2/c14-11-9-10(13(15,16)17)3-4-12(11)18-5-8-19-6-1-2-7-19/h3-4,9,18H,1-2,5-8H2. The highest BCUT2D eigenvalue weighted by molar-refractivity contribution is 9.10. The highest BCUT2D eigenvalue weighted by atomic mass is 79.9. The average molecular weight is 337 g/mol. The van der Waals surface area contributed by atoms with Gasteiger partial charge in [0.15, 0.2) is 0 Å². The molecule has 1 fully saturated rings. The minimum atomic E-state index is -4.30. The van der Waals surface area contributed by atoms with Crippen molar-refractivity contribution in [2.45, 2.75) is 19.0 Å². The first kappa shape index (κ1) is 14.7. The second-order valence-corrected chi connectivity index (χ2v) is 5.52. The summed E-state index contributed by atoms with van der Waals surface area (Å²) in [5.74, 6) is 0. The lowest BCUT2D eigenvalue weighted by atomic mass is 10.2. The Morgan fingerprint density at radius 1 is 1.21 bits per heavy atom. The van der Waals surface area contributed by atoms with Crippen LogP contribution in [-0.4, -0.2) is 31.1 Å². The zero-order chi connectivity index (χ0) is 13.9. The van der Waals surface area contributed by atoms with E-state index in [-0.39, 0.29) is 0 Å². The van der Waals surface area contributed by atoms with Gasteiger partial charge in [0, 0.05) is 23.2 Å². The lowest BCUT2D eigenvalue weighted by molar-refractivity contribution is -0.137. The van der Waals surface area contributed by atoms with Gasteiger partial charge in [0.2, 0.25) is 0 Å². The molecule has 1 aliphatic heterocycles. The number of halogens is 4. The van der Waals surface area contributed by atoms with Crippen LogP contribution in [0.25, 0.3) is 0 Å². The Bertz CT molecular complexity index is 428. The van der Waals surface area contributed by atoms with Crippen molar-refractivity contribution < 1.29 is 13.2 Å². The Morgan fingerprint density at radius 3 is 2.47 bits per heavy atom. The number of rotatable bonds is 4. The van der Waals surface area contributed by atoms with E-state index in [4.69, 9.17) is 0 Å². The van der Waals surface area contributed by atoms with Crippen molar-refractivity contribution in [1.82, 2.24) is 4.90 Å². The van der Waals surface area contributed by atoms with Crippen molar-refractivity contribution in [3.8, 4) is 0 Å². The van der Waals surface area contributed by atoms with Crippen LogP contribution < -0.4 is 5.32 Å². The Morgan fingerprint density at radius 2 is 1.89 bits per heavy atom. The van der Waals surface area contributed by atoms with Crippen LogP contribution in [0.1, 0.15) is 18.4 Å². The van der Waals surface area contributed by atoms with Gasteiger partial charge in [-0.3, -0.25) is 0 Å². The fourth-order valence-corrected chi connectivity index (χ4v) is 2.71. The highest BCUT2D eigenvalue weighted by Gasteiger charge is 2.30. The monoisotopic (exact) mass is 336 g/mol. The first-order valence-electron chi connectivity index (χ1n) is 6.30.